The van der Waals surface area contributed by atoms with E-state index in [0.29, 0.717) is 39.0 Å². The van der Waals surface area contributed by atoms with E-state index >= 15 is 0 Å². The van der Waals surface area contributed by atoms with Gasteiger partial charge in [-0.25, -0.2) is 9.48 Å². The number of esters is 1. The van der Waals surface area contributed by atoms with Crippen LogP contribution in [0.4, 0.5) is 0 Å². The number of halogens is 2. The molecule has 1 amide bonds. The van der Waals surface area contributed by atoms with Gasteiger partial charge in [0, 0.05) is 16.1 Å². The van der Waals surface area contributed by atoms with E-state index in [1.54, 1.807) is 60.1 Å². The molecule has 0 saturated heterocycles. The molecule has 5 aromatic rings. The number of hydrogen-bond acceptors (Lipinski definition) is 4. The van der Waals surface area contributed by atoms with E-state index in [2.05, 4.69) is 22.5 Å². The Morgan fingerprint density at radius 3 is 2.22 bits per heavy atom. The minimum atomic E-state index is -0.543. The van der Waals surface area contributed by atoms with Crippen molar-refractivity contribution in [3.05, 3.63) is 142 Å². The summed E-state index contributed by atoms with van der Waals surface area (Å²) in [6, 6.07) is 33.5. The Morgan fingerprint density at radius 1 is 0.878 bits per heavy atom. The monoisotopic (exact) mass is 583 g/mol. The molecule has 0 bridgehead atoms. The van der Waals surface area contributed by atoms with Gasteiger partial charge in [-0.2, -0.15) is 5.10 Å². The third-order valence-electron chi connectivity index (χ3n) is 6.56. The molecule has 41 heavy (non-hydrogen) atoms. The average Bonchev–Trinajstić information content (AvgIpc) is 3.43. The number of hydrogen-bond donors (Lipinski definition) is 1. The van der Waals surface area contributed by atoms with Crippen LogP contribution in [0, 0.1) is 0 Å². The van der Waals surface area contributed by atoms with Crippen LogP contribution in [0.1, 0.15) is 44.9 Å². The van der Waals surface area contributed by atoms with Crippen LogP contribution in [0.25, 0.3) is 16.9 Å². The van der Waals surface area contributed by atoms with E-state index in [1.807, 2.05) is 48.5 Å². The van der Waals surface area contributed by atoms with Crippen molar-refractivity contribution in [1.82, 2.24) is 15.1 Å². The largest absolute Gasteiger partial charge is 0.461 e. The van der Waals surface area contributed by atoms with Crippen molar-refractivity contribution >= 4 is 35.1 Å². The molecule has 0 aliphatic carbocycles. The number of nitrogens with zero attached hydrogens (tertiary/aromatic N) is 2. The number of rotatable bonds is 9. The van der Waals surface area contributed by atoms with Gasteiger partial charge in [0.25, 0.3) is 5.91 Å². The highest BCUT2D eigenvalue weighted by Crippen LogP contribution is 2.32. The first-order chi connectivity index (χ1) is 19.9. The average molecular weight is 585 g/mol. The lowest BCUT2D eigenvalue weighted by atomic mass is 9.98. The van der Waals surface area contributed by atoms with Gasteiger partial charge in [0.2, 0.25) is 0 Å². The molecule has 1 N–H and O–H groups in total. The predicted molar refractivity (Wildman–Crippen MR) is 162 cm³/mol. The highest BCUT2D eigenvalue weighted by Gasteiger charge is 2.21. The molecule has 0 saturated carbocycles. The second-order valence-electron chi connectivity index (χ2n) is 9.34. The van der Waals surface area contributed by atoms with Crippen LogP contribution >= 0.6 is 23.2 Å². The summed E-state index contributed by atoms with van der Waals surface area (Å²) in [6.45, 7) is 1.96. The standard InChI is InChI=1S/C33H27Cl2N3O3/c1-2-41-33(40)30-21-31(27-18-15-25(34)20-28(27)35)38(37-30)26-16-13-24(14-17-26)32(39)36-29(23-11-7-4-8-12-23)19-22-9-5-3-6-10-22/h3-18,20-21,29H,2,19H2,1H3,(H,36,39)/t29-/m0/s1. The molecule has 0 aliphatic heterocycles. The number of aromatic nitrogens is 2. The first-order valence-electron chi connectivity index (χ1n) is 13.2. The number of nitrogens with one attached hydrogen (secondary N) is 1. The van der Waals surface area contributed by atoms with Crippen LogP contribution in [0.3, 0.4) is 0 Å². The Bertz CT molecular complexity index is 1650. The van der Waals surface area contributed by atoms with Crippen molar-refractivity contribution in [2.75, 3.05) is 6.61 Å². The smallest absolute Gasteiger partial charge is 0.358 e. The maximum absolute atomic E-state index is 13.4. The fourth-order valence-corrected chi connectivity index (χ4v) is 5.06. The molecule has 5 rings (SSSR count). The first-order valence-corrected chi connectivity index (χ1v) is 13.9. The summed E-state index contributed by atoms with van der Waals surface area (Å²) < 4.78 is 6.76. The van der Waals surface area contributed by atoms with Gasteiger partial charge >= 0.3 is 5.97 Å². The Kier molecular flexibility index (Phi) is 8.82. The molecule has 4 aromatic carbocycles. The van der Waals surface area contributed by atoms with Crippen LogP contribution in [-0.2, 0) is 11.2 Å². The van der Waals surface area contributed by atoms with E-state index in [1.165, 1.54) is 0 Å². The van der Waals surface area contributed by atoms with Crippen LogP contribution in [0.5, 0.6) is 0 Å². The summed E-state index contributed by atoms with van der Waals surface area (Å²) in [5.74, 6) is -0.742. The molecule has 206 valence electrons. The Hall–Kier alpha value is -4.39. The molecule has 1 heterocycles. The minimum absolute atomic E-state index is 0.140. The normalized spacial score (nSPS) is 11.6. The van der Waals surface area contributed by atoms with E-state index < -0.39 is 5.97 Å². The number of carbonyl (C=O) groups is 2. The van der Waals surface area contributed by atoms with Crippen molar-refractivity contribution in [2.45, 2.75) is 19.4 Å². The number of carbonyl (C=O) groups excluding carboxylic acids is 2. The van der Waals surface area contributed by atoms with Gasteiger partial charge in [0.15, 0.2) is 5.69 Å². The summed E-state index contributed by atoms with van der Waals surface area (Å²) in [6.07, 6.45) is 0.657. The minimum Gasteiger partial charge on any atom is -0.461 e. The molecular formula is C33H27Cl2N3O3. The van der Waals surface area contributed by atoms with E-state index in [4.69, 9.17) is 27.9 Å². The van der Waals surface area contributed by atoms with E-state index in [-0.39, 0.29) is 24.2 Å². The zero-order valence-electron chi connectivity index (χ0n) is 22.3. The summed E-state index contributed by atoms with van der Waals surface area (Å²) in [5, 5.41) is 8.59. The van der Waals surface area contributed by atoms with Crippen molar-refractivity contribution in [3.8, 4) is 16.9 Å². The Morgan fingerprint density at radius 2 is 1.56 bits per heavy atom. The molecular weight excluding hydrogens is 557 g/mol. The lowest BCUT2D eigenvalue weighted by molar-refractivity contribution is 0.0518. The number of ether oxygens (including phenoxy) is 1. The molecule has 1 atom stereocenters. The molecule has 0 radical (unpaired) electrons. The second kappa shape index (κ2) is 12.9. The van der Waals surface area contributed by atoms with Crippen molar-refractivity contribution in [3.63, 3.8) is 0 Å². The van der Waals surface area contributed by atoms with Crippen molar-refractivity contribution in [2.24, 2.45) is 0 Å². The van der Waals surface area contributed by atoms with Gasteiger partial charge in [-0.05, 0) is 73.0 Å². The maximum Gasteiger partial charge on any atom is 0.358 e. The Balaban J connectivity index is 1.43. The molecule has 0 fully saturated rings. The zero-order valence-corrected chi connectivity index (χ0v) is 23.8. The van der Waals surface area contributed by atoms with Crippen LogP contribution in [0.2, 0.25) is 10.0 Å². The van der Waals surface area contributed by atoms with Crippen molar-refractivity contribution in [1.29, 1.82) is 0 Å². The molecule has 6 nitrogen and oxygen atoms in total. The SMILES string of the molecule is CCOC(=O)c1cc(-c2ccc(Cl)cc2Cl)n(-c2ccc(C(=O)N[C@@H](Cc3ccccc3)c3ccccc3)cc2)n1. The summed E-state index contributed by atoms with van der Waals surface area (Å²) in [4.78, 5) is 25.9. The lowest BCUT2D eigenvalue weighted by Crippen LogP contribution is -2.30. The molecule has 0 unspecified atom stereocenters. The van der Waals surface area contributed by atoms with Crippen LogP contribution < -0.4 is 5.32 Å². The highest BCUT2D eigenvalue weighted by atomic mass is 35.5. The van der Waals surface area contributed by atoms with Gasteiger partial charge in [-0.1, -0.05) is 83.9 Å². The third-order valence-corrected chi connectivity index (χ3v) is 7.11. The van der Waals surface area contributed by atoms with Crippen LogP contribution in [-0.4, -0.2) is 28.3 Å². The quantitative estimate of drug-likeness (QED) is 0.180. The summed E-state index contributed by atoms with van der Waals surface area (Å²) in [7, 11) is 0. The first kappa shape index (κ1) is 28.1. The van der Waals surface area contributed by atoms with Crippen molar-refractivity contribution < 1.29 is 14.3 Å². The predicted octanol–water partition coefficient (Wildman–Crippen LogP) is 7.74. The number of amides is 1. The fourth-order valence-electron chi connectivity index (χ4n) is 4.55. The molecule has 8 heteroatoms. The topological polar surface area (TPSA) is 73.2 Å². The van der Waals surface area contributed by atoms with Gasteiger partial charge in [0.05, 0.1) is 29.1 Å². The van der Waals surface area contributed by atoms with E-state index in [9.17, 15) is 9.59 Å². The second-order valence-corrected chi connectivity index (χ2v) is 10.2. The molecule has 0 aliphatic rings. The Labute approximate surface area is 248 Å². The summed E-state index contributed by atoms with van der Waals surface area (Å²) in [5.41, 5.74) is 4.65. The van der Waals surface area contributed by atoms with E-state index in [0.717, 1.165) is 11.1 Å². The third kappa shape index (κ3) is 6.68. The highest BCUT2D eigenvalue weighted by molar-refractivity contribution is 6.36. The fraction of sp³-hybridized carbons (Fsp3) is 0.121. The molecule has 0 spiro atoms. The van der Waals surface area contributed by atoms with Gasteiger partial charge in [-0.3, -0.25) is 4.79 Å². The van der Waals surface area contributed by atoms with Gasteiger partial charge in [0.1, 0.15) is 0 Å². The molecule has 1 aromatic heterocycles. The lowest BCUT2D eigenvalue weighted by Gasteiger charge is -2.20. The summed E-state index contributed by atoms with van der Waals surface area (Å²) >= 11 is 12.6. The zero-order chi connectivity index (χ0) is 28.8. The van der Waals surface area contributed by atoms with Crippen LogP contribution in [0.15, 0.2) is 109 Å². The maximum atomic E-state index is 13.4. The van der Waals surface area contributed by atoms with Gasteiger partial charge < -0.3 is 10.1 Å². The number of benzene rings is 4. The van der Waals surface area contributed by atoms with Gasteiger partial charge in [-0.15, -0.1) is 0 Å².